The van der Waals surface area contributed by atoms with E-state index in [-0.39, 0.29) is 0 Å². The number of thiocarbonyl (C=S) groups is 1. The fourth-order valence-corrected chi connectivity index (χ4v) is 3.53. The van der Waals surface area contributed by atoms with Gasteiger partial charge in [0.05, 0.1) is 18.9 Å². The van der Waals surface area contributed by atoms with Gasteiger partial charge >= 0.3 is 5.97 Å². The van der Waals surface area contributed by atoms with E-state index >= 15 is 0 Å². The molecule has 0 fully saturated rings. The van der Waals surface area contributed by atoms with Gasteiger partial charge in [0, 0.05) is 16.3 Å². The summed E-state index contributed by atoms with van der Waals surface area (Å²) in [6, 6.07) is 25.2. The van der Waals surface area contributed by atoms with Crippen molar-refractivity contribution in [3.05, 3.63) is 101 Å². The van der Waals surface area contributed by atoms with Crippen LogP contribution in [0.25, 0.3) is 10.8 Å². The van der Waals surface area contributed by atoms with Crippen molar-refractivity contribution in [2.75, 3.05) is 12.4 Å². The lowest BCUT2D eigenvalue weighted by molar-refractivity contribution is 0.0735. The van der Waals surface area contributed by atoms with Crippen LogP contribution in [0.2, 0.25) is 5.02 Å². The first-order valence-electron chi connectivity index (χ1n) is 10.3. The van der Waals surface area contributed by atoms with Gasteiger partial charge in [0.15, 0.2) is 5.11 Å². The lowest BCUT2D eigenvalue weighted by Gasteiger charge is -2.11. The molecule has 34 heavy (non-hydrogen) atoms. The number of rotatable bonds is 6. The minimum atomic E-state index is -0.494. The molecule has 0 saturated heterocycles. The zero-order valence-corrected chi connectivity index (χ0v) is 19.7. The Kier molecular flexibility index (Phi) is 7.37. The van der Waals surface area contributed by atoms with E-state index < -0.39 is 5.97 Å². The predicted octanol–water partition coefficient (Wildman–Crippen LogP) is 6.04. The summed E-state index contributed by atoms with van der Waals surface area (Å²) in [7, 11) is 1.61. The van der Waals surface area contributed by atoms with E-state index in [0.717, 1.165) is 22.2 Å². The topological polar surface area (TPSA) is 71.9 Å². The molecule has 4 aromatic carbocycles. The Bertz CT molecular complexity index is 1360. The number of nitrogens with zero attached hydrogens (tertiary/aromatic N) is 1. The van der Waals surface area contributed by atoms with Crippen molar-refractivity contribution in [2.24, 2.45) is 5.10 Å². The monoisotopic (exact) mass is 489 g/mol. The third-order valence-electron chi connectivity index (χ3n) is 4.92. The molecule has 170 valence electrons. The number of halogens is 1. The maximum absolute atomic E-state index is 12.7. The van der Waals surface area contributed by atoms with E-state index in [0.29, 0.717) is 27.0 Å². The summed E-state index contributed by atoms with van der Waals surface area (Å²) >= 11 is 11.2. The van der Waals surface area contributed by atoms with Crippen molar-refractivity contribution < 1.29 is 14.3 Å². The number of methoxy groups -OCH3 is 1. The van der Waals surface area contributed by atoms with Gasteiger partial charge in [-0.2, -0.15) is 5.10 Å². The summed E-state index contributed by atoms with van der Waals surface area (Å²) in [5, 5.41) is 10.0. The molecule has 0 heterocycles. The molecule has 0 atom stereocenters. The summed E-state index contributed by atoms with van der Waals surface area (Å²) in [5.41, 5.74) is 4.61. The number of benzene rings is 4. The molecule has 0 amide bonds. The number of anilines is 1. The first-order chi connectivity index (χ1) is 16.5. The molecule has 0 saturated carbocycles. The van der Waals surface area contributed by atoms with Crippen LogP contribution in [0.1, 0.15) is 15.9 Å². The number of ether oxygens (including phenoxy) is 2. The van der Waals surface area contributed by atoms with Crippen LogP contribution in [0, 0.1) is 0 Å². The number of carbonyl (C=O) groups excluding carboxylic acids is 1. The van der Waals surface area contributed by atoms with Gasteiger partial charge in [-0.1, -0.05) is 41.9 Å². The van der Waals surface area contributed by atoms with Crippen LogP contribution in [0.15, 0.2) is 90.0 Å². The molecule has 6 nitrogen and oxygen atoms in total. The standard InChI is InChI=1S/C26H20ClN3O3S/c1-32-21-13-11-20(12-14-21)29-26(34)30-28-16-23-22-5-3-2-4-17(22)8-15-24(23)33-25(31)18-6-9-19(27)10-7-18/h2-16H,1H3,(H2,29,30,34)/b28-16+. The first-order valence-corrected chi connectivity index (χ1v) is 11.1. The molecule has 8 heteroatoms. The van der Waals surface area contributed by atoms with E-state index in [2.05, 4.69) is 15.8 Å². The third-order valence-corrected chi connectivity index (χ3v) is 5.37. The average Bonchev–Trinajstić information content (AvgIpc) is 2.86. The fraction of sp³-hybridized carbons (Fsp3) is 0.0385. The summed E-state index contributed by atoms with van der Waals surface area (Å²) in [5.74, 6) is 0.628. The van der Waals surface area contributed by atoms with Crippen molar-refractivity contribution in [3.8, 4) is 11.5 Å². The van der Waals surface area contributed by atoms with E-state index in [1.807, 2.05) is 54.6 Å². The molecule has 0 radical (unpaired) electrons. The van der Waals surface area contributed by atoms with Crippen molar-refractivity contribution in [1.29, 1.82) is 0 Å². The zero-order valence-electron chi connectivity index (χ0n) is 18.1. The van der Waals surface area contributed by atoms with Crippen molar-refractivity contribution in [3.63, 3.8) is 0 Å². The van der Waals surface area contributed by atoms with E-state index in [9.17, 15) is 4.79 Å². The molecule has 0 bridgehead atoms. The summed E-state index contributed by atoms with van der Waals surface area (Å²) in [6.45, 7) is 0. The number of esters is 1. The van der Waals surface area contributed by atoms with Crippen LogP contribution < -0.4 is 20.2 Å². The Labute approximate surface area is 207 Å². The highest BCUT2D eigenvalue weighted by atomic mass is 35.5. The first kappa shape index (κ1) is 23.2. The van der Waals surface area contributed by atoms with E-state index in [1.165, 1.54) is 0 Å². The smallest absolute Gasteiger partial charge is 0.343 e. The third kappa shape index (κ3) is 5.70. The van der Waals surface area contributed by atoms with Crippen molar-refractivity contribution >= 4 is 57.6 Å². The molecule has 0 aliphatic heterocycles. The van der Waals surface area contributed by atoms with Gasteiger partial charge in [-0.3, -0.25) is 5.43 Å². The molecule has 4 aromatic rings. The zero-order chi connectivity index (χ0) is 23.9. The Balaban J connectivity index is 1.53. The van der Waals surface area contributed by atoms with E-state index in [4.69, 9.17) is 33.3 Å². The normalized spacial score (nSPS) is 10.8. The maximum Gasteiger partial charge on any atom is 0.343 e. The van der Waals surface area contributed by atoms with Gasteiger partial charge in [-0.05, 0) is 77.6 Å². The quantitative estimate of drug-likeness (QED) is 0.113. The maximum atomic E-state index is 12.7. The van der Waals surface area contributed by atoms with Crippen LogP contribution >= 0.6 is 23.8 Å². The minimum Gasteiger partial charge on any atom is -0.497 e. The number of hydrogen-bond acceptors (Lipinski definition) is 5. The van der Waals surface area contributed by atoms with Crippen molar-refractivity contribution in [2.45, 2.75) is 0 Å². The molecule has 2 N–H and O–H groups in total. The highest BCUT2D eigenvalue weighted by Gasteiger charge is 2.13. The molecule has 0 aliphatic rings. The largest absolute Gasteiger partial charge is 0.497 e. The predicted molar refractivity (Wildman–Crippen MR) is 140 cm³/mol. The van der Waals surface area contributed by atoms with E-state index in [1.54, 1.807) is 43.7 Å². The molecule has 0 aliphatic carbocycles. The van der Waals surface area contributed by atoms with Gasteiger partial charge in [0.25, 0.3) is 0 Å². The molecule has 0 aromatic heterocycles. The van der Waals surface area contributed by atoms with Crippen molar-refractivity contribution in [1.82, 2.24) is 5.43 Å². The Morgan fingerprint density at radius 2 is 1.71 bits per heavy atom. The lowest BCUT2D eigenvalue weighted by Crippen LogP contribution is -2.23. The summed E-state index contributed by atoms with van der Waals surface area (Å²) in [4.78, 5) is 12.7. The second kappa shape index (κ2) is 10.8. The average molecular weight is 490 g/mol. The van der Waals surface area contributed by atoms with Gasteiger partial charge in [0.1, 0.15) is 11.5 Å². The molecule has 0 unspecified atom stereocenters. The van der Waals surface area contributed by atoms with Gasteiger partial charge in [0.2, 0.25) is 0 Å². The number of nitrogens with one attached hydrogen (secondary N) is 2. The second-order valence-corrected chi connectivity index (χ2v) is 7.99. The van der Waals surface area contributed by atoms with Gasteiger partial charge in [-0.15, -0.1) is 0 Å². The highest BCUT2D eigenvalue weighted by molar-refractivity contribution is 7.80. The van der Waals surface area contributed by atoms with Gasteiger partial charge < -0.3 is 14.8 Å². The molecular formula is C26H20ClN3O3S. The number of fused-ring (bicyclic) bond motifs is 1. The Hall–Kier alpha value is -3.94. The van der Waals surface area contributed by atoms with Crippen LogP contribution in [0.3, 0.4) is 0 Å². The fourth-order valence-electron chi connectivity index (χ4n) is 3.23. The van der Waals surface area contributed by atoms with Crippen LogP contribution in [0.4, 0.5) is 5.69 Å². The summed E-state index contributed by atoms with van der Waals surface area (Å²) < 4.78 is 10.8. The lowest BCUT2D eigenvalue weighted by atomic mass is 10.0. The van der Waals surface area contributed by atoms with Gasteiger partial charge in [-0.25, -0.2) is 4.79 Å². The van der Waals surface area contributed by atoms with Crippen LogP contribution in [-0.4, -0.2) is 24.4 Å². The molecular weight excluding hydrogens is 470 g/mol. The molecule has 0 spiro atoms. The second-order valence-electron chi connectivity index (χ2n) is 7.15. The molecule has 4 rings (SSSR count). The minimum absolute atomic E-state index is 0.307. The Morgan fingerprint density at radius 3 is 2.44 bits per heavy atom. The number of hydrazone groups is 1. The number of hydrogen-bond donors (Lipinski definition) is 2. The summed E-state index contributed by atoms with van der Waals surface area (Å²) in [6.07, 6.45) is 1.58. The van der Waals surface area contributed by atoms with Crippen LogP contribution in [0.5, 0.6) is 11.5 Å². The number of carbonyl (C=O) groups is 1. The SMILES string of the molecule is COc1ccc(NC(=S)N/N=C/c2c(OC(=O)c3ccc(Cl)cc3)ccc3ccccc23)cc1. The highest BCUT2D eigenvalue weighted by Crippen LogP contribution is 2.27. The van der Waals surface area contributed by atoms with Crippen LogP contribution in [-0.2, 0) is 0 Å². The Morgan fingerprint density at radius 1 is 0.971 bits per heavy atom.